The van der Waals surface area contributed by atoms with Crippen LogP contribution < -0.4 is 4.74 Å². The summed E-state index contributed by atoms with van der Waals surface area (Å²) in [4.78, 5) is 6.69. The number of hydrogen-bond acceptors (Lipinski definition) is 3. The van der Waals surface area contributed by atoms with Crippen molar-refractivity contribution < 1.29 is 4.74 Å². The summed E-state index contributed by atoms with van der Waals surface area (Å²) in [5.41, 5.74) is 1.04. The molecule has 0 aromatic carbocycles. The average Bonchev–Trinajstić information content (AvgIpc) is 2.64. The molecule has 1 atom stereocenters. The molecule has 0 N–H and O–H groups in total. The van der Waals surface area contributed by atoms with Crippen LogP contribution in [0.5, 0.6) is 5.88 Å². The quantitative estimate of drug-likeness (QED) is 0.737. The number of alkyl halides is 1. The fourth-order valence-electron chi connectivity index (χ4n) is 1.82. The Labute approximate surface area is 95.0 Å². The van der Waals surface area contributed by atoms with Gasteiger partial charge in [-0.25, -0.2) is 4.98 Å². The number of rotatable bonds is 3. The second kappa shape index (κ2) is 4.81. The minimum absolute atomic E-state index is 0.301. The van der Waals surface area contributed by atoms with Gasteiger partial charge in [0.15, 0.2) is 0 Å². The van der Waals surface area contributed by atoms with Crippen LogP contribution in [-0.2, 0) is 6.54 Å². The molecule has 0 saturated carbocycles. The van der Waals surface area contributed by atoms with Crippen molar-refractivity contribution >= 4 is 11.6 Å². The number of ether oxygens (including phenoxy) is 1. The topological polar surface area (TPSA) is 25.4 Å². The van der Waals surface area contributed by atoms with Gasteiger partial charge in [0.25, 0.3) is 0 Å². The number of methoxy groups -OCH3 is 1. The summed E-state index contributed by atoms with van der Waals surface area (Å²) in [7, 11) is 1.64. The molecule has 2 rings (SSSR count). The Bertz CT molecular complexity index is 332. The molecule has 1 fully saturated rings. The van der Waals surface area contributed by atoms with Crippen LogP contribution in [-0.4, -0.2) is 35.5 Å². The van der Waals surface area contributed by atoms with Crippen LogP contribution >= 0.6 is 11.6 Å². The van der Waals surface area contributed by atoms with E-state index in [1.54, 1.807) is 7.11 Å². The fraction of sp³-hybridized carbons (Fsp3) is 0.545. The molecule has 15 heavy (non-hydrogen) atoms. The molecule has 0 spiro atoms. The standard InChI is InChI=1S/C11H15ClN2O/c1-15-11-4-2-3-10(13-11)8-14-6-5-9(12)7-14/h2-4,9H,5-8H2,1H3. The van der Waals surface area contributed by atoms with Crippen molar-refractivity contribution in [1.82, 2.24) is 9.88 Å². The zero-order chi connectivity index (χ0) is 10.7. The highest BCUT2D eigenvalue weighted by molar-refractivity contribution is 6.20. The monoisotopic (exact) mass is 226 g/mol. The lowest BCUT2D eigenvalue weighted by Gasteiger charge is -2.14. The number of hydrogen-bond donors (Lipinski definition) is 0. The maximum atomic E-state index is 6.04. The van der Waals surface area contributed by atoms with Gasteiger partial charge in [-0.05, 0) is 12.5 Å². The highest BCUT2D eigenvalue weighted by Crippen LogP contribution is 2.17. The summed E-state index contributed by atoms with van der Waals surface area (Å²) >= 11 is 6.04. The van der Waals surface area contributed by atoms with Gasteiger partial charge in [0.05, 0.1) is 12.8 Å². The first-order valence-electron chi connectivity index (χ1n) is 5.14. The molecular weight excluding hydrogens is 212 g/mol. The van der Waals surface area contributed by atoms with Gasteiger partial charge in [0.2, 0.25) is 5.88 Å². The maximum Gasteiger partial charge on any atom is 0.213 e. The molecule has 4 heteroatoms. The van der Waals surface area contributed by atoms with Crippen molar-refractivity contribution in [3.05, 3.63) is 23.9 Å². The molecule has 1 aromatic heterocycles. The minimum Gasteiger partial charge on any atom is -0.481 e. The Morgan fingerprint density at radius 2 is 2.47 bits per heavy atom. The lowest BCUT2D eigenvalue weighted by molar-refractivity contribution is 0.324. The second-order valence-electron chi connectivity index (χ2n) is 3.79. The number of pyridine rings is 1. The molecule has 1 aromatic rings. The van der Waals surface area contributed by atoms with E-state index in [-0.39, 0.29) is 0 Å². The molecule has 0 radical (unpaired) electrons. The normalized spacial score (nSPS) is 21.9. The molecule has 2 heterocycles. The first-order valence-corrected chi connectivity index (χ1v) is 5.58. The van der Waals surface area contributed by atoms with Gasteiger partial charge in [0, 0.05) is 31.1 Å². The van der Waals surface area contributed by atoms with E-state index in [0.717, 1.165) is 31.7 Å². The lowest BCUT2D eigenvalue weighted by atomic mass is 10.3. The third-order valence-corrected chi connectivity index (χ3v) is 2.95. The van der Waals surface area contributed by atoms with Gasteiger partial charge in [-0.1, -0.05) is 6.07 Å². The summed E-state index contributed by atoms with van der Waals surface area (Å²) in [5, 5.41) is 0.301. The van der Waals surface area contributed by atoms with Crippen LogP contribution in [0, 0.1) is 0 Å². The summed E-state index contributed by atoms with van der Waals surface area (Å²) in [6.45, 7) is 2.88. The van der Waals surface area contributed by atoms with Crippen LogP contribution in [0.2, 0.25) is 0 Å². The van der Waals surface area contributed by atoms with Gasteiger partial charge < -0.3 is 4.74 Å². The van der Waals surface area contributed by atoms with E-state index in [9.17, 15) is 0 Å². The van der Waals surface area contributed by atoms with Gasteiger partial charge >= 0.3 is 0 Å². The zero-order valence-electron chi connectivity index (χ0n) is 8.82. The van der Waals surface area contributed by atoms with Crippen molar-refractivity contribution in [3.8, 4) is 5.88 Å². The number of aromatic nitrogens is 1. The predicted molar refractivity (Wildman–Crippen MR) is 60.3 cm³/mol. The summed E-state index contributed by atoms with van der Waals surface area (Å²) in [5.74, 6) is 0.675. The van der Waals surface area contributed by atoms with Gasteiger partial charge in [-0.2, -0.15) is 0 Å². The number of likely N-dealkylation sites (tertiary alicyclic amines) is 1. The smallest absolute Gasteiger partial charge is 0.213 e. The first kappa shape index (κ1) is 10.7. The Morgan fingerprint density at radius 3 is 3.13 bits per heavy atom. The fourth-order valence-corrected chi connectivity index (χ4v) is 2.11. The number of halogens is 1. The zero-order valence-corrected chi connectivity index (χ0v) is 9.57. The van der Waals surface area contributed by atoms with E-state index in [1.807, 2.05) is 18.2 Å². The van der Waals surface area contributed by atoms with E-state index < -0.39 is 0 Å². The molecular formula is C11H15ClN2O. The van der Waals surface area contributed by atoms with Crippen molar-refractivity contribution in [1.29, 1.82) is 0 Å². The van der Waals surface area contributed by atoms with E-state index in [2.05, 4.69) is 9.88 Å². The average molecular weight is 227 g/mol. The lowest BCUT2D eigenvalue weighted by Crippen LogP contribution is -2.20. The third-order valence-electron chi connectivity index (χ3n) is 2.59. The van der Waals surface area contributed by atoms with E-state index in [1.165, 1.54) is 0 Å². The van der Waals surface area contributed by atoms with Crippen LogP contribution in [0.15, 0.2) is 18.2 Å². The second-order valence-corrected chi connectivity index (χ2v) is 4.41. The highest BCUT2D eigenvalue weighted by atomic mass is 35.5. The Hall–Kier alpha value is -0.800. The van der Waals surface area contributed by atoms with Crippen molar-refractivity contribution in [2.75, 3.05) is 20.2 Å². The van der Waals surface area contributed by atoms with Crippen molar-refractivity contribution in [2.24, 2.45) is 0 Å². The van der Waals surface area contributed by atoms with Crippen LogP contribution in [0.3, 0.4) is 0 Å². The molecule has 1 saturated heterocycles. The minimum atomic E-state index is 0.301. The predicted octanol–water partition coefficient (Wildman–Crippen LogP) is 1.90. The first-order chi connectivity index (χ1) is 7.28. The third kappa shape index (κ3) is 2.83. The molecule has 0 aliphatic carbocycles. The molecule has 0 amide bonds. The summed E-state index contributed by atoms with van der Waals surface area (Å²) in [6, 6.07) is 5.84. The van der Waals surface area contributed by atoms with Gasteiger partial charge in [-0.3, -0.25) is 4.90 Å². The van der Waals surface area contributed by atoms with Crippen molar-refractivity contribution in [2.45, 2.75) is 18.3 Å². The van der Waals surface area contributed by atoms with Gasteiger partial charge in [0.1, 0.15) is 0 Å². The number of nitrogens with zero attached hydrogens (tertiary/aromatic N) is 2. The SMILES string of the molecule is COc1cccc(CN2CCC(Cl)C2)n1. The molecule has 82 valence electrons. The Kier molecular flexibility index (Phi) is 3.44. The van der Waals surface area contributed by atoms with Crippen LogP contribution in [0.25, 0.3) is 0 Å². The molecule has 1 unspecified atom stereocenters. The summed E-state index contributed by atoms with van der Waals surface area (Å²) in [6.07, 6.45) is 1.07. The summed E-state index contributed by atoms with van der Waals surface area (Å²) < 4.78 is 5.08. The van der Waals surface area contributed by atoms with Crippen LogP contribution in [0.4, 0.5) is 0 Å². The molecule has 1 aliphatic heterocycles. The Balaban J connectivity index is 1.98. The van der Waals surface area contributed by atoms with Crippen LogP contribution in [0.1, 0.15) is 12.1 Å². The van der Waals surface area contributed by atoms with E-state index in [0.29, 0.717) is 11.3 Å². The van der Waals surface area contributed by atoms with E-state index in [4.69, 9.17) is 16.3 Å². The highest BCUT2D eigenvalue weighted by Gasteiger charge is 2.20. The maximum absolute atomic E-state index is 6.04. The molecule has 1 aliphatic rings. The largest absolute Gasteiger partial charge is 0.481 e. The molecule has 0 bridgehead atoms. The van der Waals surface area contributed by atoms with Crippen molar-refractivity contribution in [3.63, 3.8) is 0 Å². The van der Waals surface area contributed by atoms with E-state index >= 15 is 0 Å². The van der Waals surface area contributed by atoms with Gasteiger partial charge in [-0.15, -0.1) is 11.6 Å². The Morgan fingerprint density at radius 1 is 1.60 bits per heavy atom. The molecule has 3 nitrogen and oxygen atoms in total.